The maximum absolute atomic E-state index is 10.5. The summed E-state index contributed by atoms with van der Waals surface area (Å²) in [5.74, 6) is 0. The van der Waals surface area contributed by atoms with Gasteiger partial charge in [0.2, 0.25) is 0 Å². The molecule has 0 aliphatic carbocycles. The van der Waals surface area contributed by atoms with E-state index in [-0.39, 0.29) is 10.6 Å². The van der Waals surface area contributed by atoms with Crippen molar-refractivity contribution in [2.45, 2.75) is 25.4 Å². The van der Waals surface area contributed by atoms with Crippen molar-refractivity contribution < 1.29 is 4.92 Å². The van der Waals surface area contributed by atoms with Crippen LogP contribution in [0, 0.1) is 10.1 Å². The quantitative estimate of drug-likeness (QED) is 0.644. The molecule has 1 aliphatic rings. The van der Waals surface area contributed by atoms with Crippen molar-refractivity contribution in [3.8, 4) is 0 Å². The summed E-state index contributed by atoms with van der Waals surface area (Å²) >= 11 is 0. The molecule has 1 aromatic rings. The average Bonchev–Trinajstić information content (AvgIpc) is 2.58. The van der Waals surface area contributed by atoms with Gasteiger partial charge in [-0.25, -0.2) is 0 Å². The van der Waals surface area contributed by atoms with Gasteiger partial charge >= 0.3 is 0 Å². The molecule has 0 spiro atoms. The fourth-order valence-electron chi connectivity index (χ4n) is 2.21. The van der Waals surface area contributed by atoms with Gasteiger partial charge < -0.3 is 10.2 Å². The molecule has 5 nitrogen and oxygen atoms in total. The van der Waals surface area contributed by atoms with Gasteiger partial charge in [-0.2, -0.15) is 0 Å². The summed E-state index contributed by atoms with van der Waals surface area (Å²) in [6.45, 7) is 3.22. The lowest BCUT2D eigenvalue weighted by molar-refractivity contribution is -0.384. The number of rotatable bonds is 3. The molecule has 0 saturated carbocycles. The van der Waals surface area contributed by atoms with Gasteiger partial charge in [0.05, 0.1) is 4.92 Å². The Labute approximate surface area is 101 Å². The number of hydrogen-bond donors (Lipinski definition) is 1. The lowest BCUT2D eigenvalue weighted by atomic mass is 10.2. The van der Waals surface area contributed by atoms with Crippen LogP contribution in [-0.4, -0.2) is 35.5 Å². The monoisotopic (exact) mass is 235 g/mol. The molecular formula is C12H17N3O2. The number of anilines is 1. The molecule has 0 radical (unpaired) electrons. The van der Waals surface area contributed by atoms with Crippen molar-refractivity contribution in [3.63, 3.8) is 0 Å². The van der Waals surface area contributed by atoms with E-state index in [2.05, 4.69) is 24.2 Å². The Hall–Kier alpha value is -1.62. The van der Waals surface area contributed by atoms with E-state index in [0.717, 1.165) is 18.7 Å². The van der Waals surface area contributed by atoms with Gasteiger partial charge in [-0.3, -0.25) is 10.1 Å². The number of nitrogens with one attached hydrogen (secondary N) is 1. The van der Waals surface area contributed by atoms with Crippen LogP contribution in [0.3, 0.4) is 0 Å². The summed E-state index contributed by atoms with van der Waals surface area (Å²) in [5, 5.41) is 13.9. The lowest BCUT2D eigenvalue weighted by Gasteiger charge is -2.14. The van der Waals surface area contributed by atoms with Gasteiger partial charge in [-0.1, -0.05) is 0 Å². The van der Waals surface area contributed by atoms with Gasteiger partial charge in [0.15, 0.2) is 0 Å². The van der Waals surface area contributed by atoms with Crippen molar-refractivity contribution in [3.05, 3.63) is 34.4 Å². The molecule has 2 unspecified atom stereocenters. The zero-order chi connectivity index (χ0) is 12.4. The fraction of sp³-hybridized carbons (Fsp3) is 0.500. The maximum atomic E-state index is 10.5. The SMILES string of the molecule is CC1CC(Nc2ccc([N+](=O)[O-])cc2)CN1C. The zero-order valence-corrected chi connectivity index (χ0v) is 10.1. The Kier molecular flexibility index (Phi) is 3.28. The first-order valence-corrected chi connectivity index (χ1v) is 5.77. The van der Waals surface area contributed by atoms with Crippen molar-refractivity contribution in [2.75, 3.05) is 18.9 Å². The van der Waals surface area contributed by atoms with Gasteiger partial charge in [-0.15, -0.1) is 0 Å². The first kappa shape index (κ1) is 11.9. The maximum Gasteiger partial charge on any atom is 0.269 e. The summed E-state index contributed by atoms with van der Waals surface area (Å²) in [5.41, 5.74) is 1.08. The Balaban J connectivity index is 1.98. The van der Waals surface area contributed by atoms with Gasteiger partial charge in [0.1, 0.15) is 0 Å². The van der Waals surface area contributed by atoms with Crippen LogP contribution in [-0.2, 0) is 0 Å². The van der Waals surface area contributed by atoms with Crippen LogP contribution in [0.1, 0.15) is 13.3 Å². The summed E-state index contributed by atoms with van der Waals surface area (Å²) < 4.78 is 0. The first-order chi connectivity index (χ1) is 8.06. The van der Waals surface area contributed by atoms with Crippen LogP contribution in [0.25, 0.3) is 0 Å². The molecule has 1 aliphatic heterocycles. The molecule has 0 amide bonds. The van der Waals surface area contributed by atoms with Gasteiger partial charge in [0.25, 0.3) is 5.69 Å². The second-order valence-electron chi connectivity index (χ2n) is 4.67. The van der Waals surface area contributed by atoms with E-state index in [1.165, 1.54) is 12.1 Å². The number of hydrogen-bond acceptors (Lipinski definition) is 4. The molecule has 2 rings (SSSR count). The highest BCUT2D eigenvalue weighted by Gasteiger charge is 2.25. The van der Waals surface area contributed by atoms with Gasteiger partial charge in [0, 0.05) is 36.4 Å². The van der Waals surface area contributed by atoms with Crippen LogP contribution in [0.4, 0.5) is 11.4 Å². The van der Waals surface area contributed by atoms with E-state index < -0.39 is 0 Å². The summed E-state index contributed by atoms with van der Waals surface area (Å²) in [6, 6.07) is 7.61. The molecule has 1 saturated heterocycles. The van der Waals surface area contributed by atoms with Crippen molar-refractivity contribution in [2.24, 2.45) is 0 Å². The van der Waals surface area contributed by atoms with Crippen LogP contribution in [0.5, 0.6) is 0 Å². The molecule has 1 aromatic carbocycles. The number of nitro benzene ring substituents is 1. The number of likely N-dealkylation sites (tertiary alicyclic amines) is 1. The molecule has 1 fully saturated rings. The van der Waals surface area contributed by atoms with E-state index in [1.807, 2.05) is 0 Å². The largest absolute Gasteiger partial charge is 0.381 e. The van der Waals surface area contributed by atoms with Crippen molar-refractivity contribution in [1.82, 2.24) is 4.90 Å². The molecule has 92 valence electrons. The van der Waals surface area contributed by atoms with Gasteiger partial charge in [-0.05, 0) is 32.5 Å². The normalized spacial score (nSPS) is 24.8. The number of nitrogens with zero attached hydrogens (tertiary/aromatic N) is 2. The standard InChI is InChI=1S/C12H17N3O2/c1-9-7-11(8-14(9)2)13-10-3-5-12(6-4-10)15(16)17/h3-6,9,11,13H,7-8H2,1-2H3. The third-order valence-corrected chi connectivity index (χ3v) is 3.34. The Morgan fingerprint density at radius 1 is 1.41 bits per heavy atom. The van der Waals surface area contributed by atoms with Crippen LogP contribution < -0.4 is 5.32 Å². The third kappa shape index (κ3) is 2.74. The molecule has 17 heavy (non-hydrogen) atoms. The summed E-state index contributed by atoms with van der Waals surface area (Å²) in [4.78, 5) is 12.5. The molecule has 1 N–H and O–H groups in total. The summed E-state index contributed by atoms with van der Waals surface area (Å²) in [6.07, 6.45) is 1.10. The zero-order valence-electron chi connectivity index (χ0n) is 10.1. The van der Waals surface area contributed by atoms with E-state index in [1.54, 1.807) is 12.1 Å². The van der Waals surface area contributed by atoms with Crippen LogP contribution >= 0.6 is 0 Å². The second kappa shape index (κ2) is 4.71. The Bertz CT molecular complexity index is 395. The number of nitro groups is 1. The second-order valence-corrected chi connectivity index (χ2v) is 4.67. The molecule has 0 bridgehead atoms. The summed E-state index contributed by atoms with van der Waals surface area (Å²) in [7, 11) is 2.11. The minimum Gasteiger partial charge on any atom is -0.381 e. The lowest BCUT2D eigenvalue weighted by Crippen LogP contribution is -2.24. The van der Waals surface area contributed by atoms with Crippen LogP contribution in [0.2, 0.25) is 0 Å². The predicted octanol–water partition coefficient (Wildman–Crippen LogP) is 2.10. The highest BCUT2D eigenvalue weighted by molar-refractivity contribution is 5.49. The van der Waals surface area contributed by atoms with Crippen molar-refractivity contribution in [1.29, 1.82) is 0 Å². The highest BCUT2D eigenvalue weighted by atomic mass is 16.6. The first-order valence-electron chi connectivity index (χ1n) is 5.77. The smallest absolute Gasteiger partial charge is 0.269 e. The van der Waals surface area contributed by atoms with Crippen molar-refractivity contribution >= 4 is 11.4 Å². The molecule has 2 atom stereocenters. The number of non-ortho nitro benzene ring substituents is 1. The molecule has 5 heteroatoms. The third-order valence-electron chi connectivity index (χ3n) is 3.34. The number of likely N-dealkylation sites (N-methyl/N-ethyl adjacent to an activating group) is 1. The van der Waals surface area contributed by atoms with E-state index in [9.17, 15) is 10.1 Å². The average molecular weight is 235 g/mol. The van der Waals surface area contributed by atoms with E-state index in [0.29, 0.717) is 12.1 Å². The Morgan fingerprint density at radius 2 is 2.06 bits per heavy atom. The Morgan fingerprint density at radius 3 is 2.53 bits per heavy atom. The fourth-order valence-corrected chi connectivity index (χ4v) is 2.21. The topological polar surface area (TPSA) is 58.4 Å². The van der Waals surface area contributed by atoms with E-state index >= 15 is 0 Å². The van der Waals surface area contributed by atoms with E-state index in [4.69, 9.17) is 0 Å². The minimum absolute atomic E-state index is 0.132. The number of benzene rings is 1. The minimum atomic E-state index is -0.380. The van der Waals surface area contributed by atoms with Crippen LogP contribution in [0.15, 0.2) is 24.3 Å². The predicted molar refractivity (Wildman–Crippen MR) is 67.2 cm³/mol. The molecular weight excluding hydrogens is 218 g/mol. The molecule has 0 aromatic heterocycles. The highest BCUT2D eigenvalue weighted by Crippen LogP contribution is 2.21. The molecule has 1 heterocycles.